The van der Waals surface area contributed by atoms with Gasteiger partial charge in [0.1, 0.15) is 5.75 Å². The van der Waals surface area contributed by atoms with Crippen LogP contribution in [-0.4, -0.2) is 13.2 Å². The number of aryl methyl sites for hydroxylation is 1. The van der Waals surface area contributed by atoms with Gasteiger partial charge in [0.2, 0.25) is 0 Å². The highest BCUT2D eigenvalue weighted by molar-refractivity contribution is 6.30. The van der Waals surface area contributed by atoms with E-state index in [0.29, 0.717) is 6.04 Å². The number of methoxy groups -OCH3 is 1. The molecule has 0 unspecified atom stereocenters. The van der Waals surface area contributed by atoms with Crippen molar-refractivity contribution in [3.8, 4) is 5.75 Å². The van der Waals surface area contributed by atoms with Crippen molar-refractivity contribution in [2.75, 3.05) is 7.11 Å². The topological polar surface area (TPSA) is 21.3 Å². The molecule has 0 heterocycles. The molecule has 0 fully saturated rings. The maximum absolute atomic E-state index is 5.88. The van der Waals surface area contributed by atoms with E-state index in [-0.39, 0.29) is 0 Å². The van der Waals surface area contributed by atoms with E-state index in [1.165, 1.54) is 11.1 Å². The molecule has 2 aromatic carbocycles. The molecule has 0 saturated carbocycles. The summed E-state index contributed by atoms with van der Waals surface area (Å²) in [6, 6.07) is 16.7. The van der Waals surface area contributed by atoms with E-state index in [9.17, 15) is 0 Å². The zero-order valence-electron chi connectivity index (χ0n) is 12.6. The second kappa shape index (κ2) is 8.06. The van der Waals surface area contributed by atoms with Crippen molar-refractivity contribution in [2.24, 2.45) is 0 Å². The summed E-state index contributed by atoms with van der Waals surface area (Å²) in [7, 11) is 1.69. The van der Waals surface area contributed by atoms with Gasteiger partial charge in [0.15, 0.2) is 0 Å². The highest BCUT2D eigenvalue weighted by Crippen LogP contribution is 2.13. The fourth-order valence-corrected chi connectivity index (χ4v) is 2.30. The Labute approximate surface area is 132 Å². The highest BCUT2D eigenvalue weighted by Gasteiger charge is 2.03. The minimum atomic E-state index is 0.475. The van der Waals surface area contributed by atoms with Gasteiger partial charge in [0.05, 0.1) is 7.11 Å². The molecule has 2 rings (SSSR count). The quantitative estimate of drug-likeness (QED) is 0.815. The molecule has 0 saturated heterocycles. The predicted octanol–water partition coefficient (Wildman–Crippen LogP) is 4.46. The molecule has 0 aliphatic carbocycles. The van der Waals surface area contributed by atoms with Crippen molar-refractivity contribution in [3.05, 3.63) is 64.7 Å². The average molecular weight is 304 g/mol. The molecular weight excluding hydrogens is 282 g/mol. The molecule has 0 bridgehead atoms. The van der Waals surface area contributed by atoms with Gasteiger partial charge in [0.25, 0.3) is 0 Å². The number of nitrogens with one attached hydrogen (secondary N) is 1. The van der Waals surface area contributed by atoms with Gasteiger partial charge >= 0.3 is 0 Å². The van der Waals surface area contributed by atoms with Crippen LogP contribution in [0.4, 0.5) is 0 Å². The monoisotopic (exact) mass is 303 g/mol. The molecule has 2 nitrogen and oxygen atoms in total. The van der Waals surface area contributed by atoms with E-state index in [2.05, 4.69) is 36.5 Å². The third-order valence-corrected chi connectivity index (χ3v) is 3.84. The molecule has 1 atom stereocenters. The fraction of sp³-hybridized carbons (Fsp3) is 0.333. The third-order valence-electron chi connectivity index (χ3n) is 3.59. The number of rotatable bonds is 7. The molecule has 21 heavy (non-hydrogen) atoms. The lowest BCUT2D eigenvalue weighted by atomic mass is 10.1. The van der Waals surface area contributed by atoms with Gasteiger partial charge in [-0.05, 0) is 55.2 Å². The summed E-state index contributed by atoms with van der Waals surface area (Å²) in [6.07, 6.45) is 2.18. The molecule has 112 valence electrons. The summed E-state index contributed by atoms with van der Waals surface area (Å²) >= 11 is 5.88. The van der Waals surface area contributed by atoms with E-state index in [4.69, 9.17) is 16.3 Å². The molecule has 0 amide bonds. The molecule has 0 aromatic heterocycles. The van der Waals surface area contributed by atoms with Crippen molar-refractivity contribution in [1.29, 1.82) is 0 Å². The van der Waals surface area contributed by atoms with Crippen LogP contribution in [0.25, 0.3) is 0 Å². The third kappa shape index (κ3) is 5.41. The first-order valence-corrected chi connectivity index (χ1v) is 7.66. The Kier molecular flexibility index (Phi) is 6.09. The first-order valence-electron chi connectivity index (χ1n) is 7.28. The van der Waals surface area contributed by atoms with Gasteiger partial charge in [-0.2, -0.15) is 0 Å². The van der Waals surface area contributed by atoms with Crippen LogP contribution in [-0.2, 0) is 13.0 Å². The number of hydrogen-bond donors (Lipinski definition) is 1. The normalized spacial score (nSPS) is 12.1. The largest absolute Gasteiger partial charge is 0.497 e. The fourth-order valence-electron chi connectivity index (χ4n) is 2.17. The summed E-state index contributed by atoms with van der Waals surface area (Å²) in [5.41, 5.74) is 2.60. The molecule has 0 aliphatic rings. The second-order valence-electron chi connectivity index (χ2n) is 5.30. The van der Waals surface area contributed by atoms with Crippen LogP contribution in [0.3, 0.4) is 0 Å². The predicted molar refractivity (Wildman–Crippen MR) is 89.1 cm³/mol. The number of hydrogen-bond acceptors (Lipinski definition) is 2. The smallest absolute Gasteiger partial charge is 0.118 e. The van der Waals surface area contributed by atoms with Gasteiger partial charge in [0, 0.05) is 17.6 Å². The van der Waals surface area contributed by atoms with Gasteiger partial charge in [-0.1, -0.05) is 35.9 Å². The van der Waals surface area contributed by atoms with E-state index in [1.807, 2.05) is 24.3 Å². The summed E-state index contributed by atoms with van der Waals surface area (Å²) in [5.74, 6) is 0.910. The Morgan fingerprint density at radius 3 is 2.24 bits per heavy atom. The Balaban J connectivity index is 1.73. The second-order valence-corrected chi connectivity index (χ2v) is 5.73. The molecule has 3 heteroatoms. The maximum atomic E-state index is 5.88. The van der Waals surface area contributed by atoms with Gasteiger partial charge in [-0.3, -0.25) is 0 Å². The highest BCUT2D eigenvalue weighted by atomic mass is 35.5. The van der Waals surface area contributed by atoms with Crippen molar-refractivity contribution in [1.82, 2.24) is 5.32 Å². The van der Waals surface area contributed by atoms with E-state index in [1.54, 1.807) is 7.11 Å². The molecule has 1 N–H and O–H groups in total. The lowest BCUT2D eigenvalue weighted by Gasteiger charge is -2.14. The van der Waals surface area contributed by atoms with E-state index in [0.717, 1.165) is 30.2 Å². The SMILES string of the molecule is COc1ccc(CC[C@@H](C)NCc2ccc(Cl)cc2)cc1. The number of ether oxygens (including phenoxy) is 1. The number of halogens is 1. The molecule has 0 spiro atoms. The molecular formula is C18H22ClNO. The standard InChI is InChI=1S/C18H22ClNO/c1-14(20-13-16-5-9-17(19)10-6-16)3-4-15-7-11-18(21-2)12-8-15/h5-12,14,20H,3-4,13H2,1-2H3/t14-/m1/s1. The van der Waals surface area contributed by atoms with Crippen LogP contribution >= 0.6 is 11.6 Å². The van der Waals surface area contributed by atoms with Gasteiger partial charge < -0.3 is 10.1 Å². The maximum Gasteiger partial charge on any atom is 0.118 e. The Morgan fingerprint density at radius 1 is 1.00 bits per heavy atom. The van der Waals surface area contributed by atoms with Crippen LogP contribution in [0.2, 0.25) is 5.02 Å². The summed E-state index contributed by atoms with van der Waals surface area (Å²) < 4.78 is 5.17. The van der Waals surface area contributed by atoms with Crippen molar-refractivity contribution < 1.29 is 4.74 Å². The van der Waals surface area contributed by atoms with Crippen molar-refractivity contribution in [2.45, 2.75) is 32.4 Å². The molecule has 2 aromatic rings. The summed E-state index contributed by atoms with van der Waals surface area (Å²) in [5, 5.41) is 4.33. The summed E-state index contributed by atoms with van der Waals surface area (Å²) in [4.78, 5) is 0. The van der Waals surface area contributed by atoms with Crippen LogP contribution in [0, 0.1) is 0 Å². The van der Waals surface area contributed by atoms with Gasteiger partial charge in [-0.15, -0.1) is 0 Å². The average Bonchev–Trinajstić information content (AvgIpc) is 2.53. The van der Waals surface area contributed by atoms with Crippen molar-refractivity contribution >= 4 is 11.6 Å². The van der Waals surface area contributed by atoms with Crippen LogP contribution < -0.4 is 10.1 Å². The lowest BCUT2D eigenvalue weighted by molar-refractivity contribution is 0.414. The zero-order valence-corrected chi connectivity index (χ0v) is 13.4. The Morgan fingerprint density at radius 2 is 1.62 bits per heavy atom. The van der Waals surface area contributed by atoms with E-state index >= 15 is 0 Å². The summed E-state index contributed by atoms with van der Waals surface area (Å²) in [6.45, 7) is 3.10. The molecule has 0 radical (unpaired) electrons. The van der Waals surface area contributed by atoms with Crippen molar-refractivity contribution in [3.63, 3.8) is 0 Å². The first kappa shape index (κ1) is 15.9. The Bertz CT molecular complexity index is 536. The zero-order chi connectivity index (χ0) is 15.1. The number of benzene rings is 2. The Hall–Kier alpha value is -1.51. The minimum absolute atomic E-state index is 0.475. The first-order chi connectivity index (χ1) is 10.2. The van der Waals surface area contributed by atoms with Gasteiger partial charge in [-0.25, -0.2) is 0 Å². The van der Waals surface area contributed by atoms with Crippen LogP contribution in [0.1, 0.15) is 24.5 Å². The van der Waals surface area contributed by atoms with Crippen LogP contribution in [0.15, 0.2) is 48.5 Å². The lowest BCUT2D eigenvalue weighted by Crippen LogP contribution is -2.25. The van der Waals surface area contributed by atoms with Crippen LogP contribution in [0.5, 0.6) is 5.75 Å². The van der Waals surface area contributed by atoms with E-state index < -0.39 is 0 Å². The molecule has 0 aliphatic heterocycles. The minimum Gasteiger partial charge on any atom is -0.497 e.